The number of aryl methyl sites for hydroxylation is 1. The van der Waals surface area contributed by atoms with Crippen LogP contribution in [0, 0.1) is 6.92 Å². The van der Waals surface area contributed by atoms with Crippen molar-refractivity contribution >= 4 is 11.7 Å². The molecule has 1 aromatic rings. The first kappa shape index (κ1) is 12.6. The number of hydrogen-bond acceptors (Lipinski definition) is 2. The summed E-state index contributed by atoms with van der Waals surface area (Å²) in [5.74, 6) is -0.863. The highest BCUT2D eigenvalue weighted by Crippen LogP contribution is 2.21. The van der Waals surface area contributed by atoms with Crippen molar-refractivity contribution in [2.75, 3.05) is 18.5 Å². The number of anilines is 1. The van der Waals surface area contributed by atoms with Gasteiger partial charge in [-0.25, -0.2) is 4.79 Å². The highest BCUT2D eigenvalue weighted by molar-refractivity contribution is 5.94. The topological polar surface area (TPSA) is 40.5 Å². The molecule has 0 aliphatic carbocycles. The molecule has 0 atom stereocenters. The van der Waals surface area contributed by atoms with Gasteiger partial charge >= 0.3 is 5.97 Å². The molecular weight excluding hydrogens is 202 g/mol. The SMILES string of the molecule is CCCCN(C)c1cc(C)ccc1C(=O)O. The van der Waals surface area contributed by atoms with Crippen LogP contribution in [-0.4, -0.2) is 24.7 Å². The van der Waals surface area contributed by atoms with E-state index in [-0.39, 0.29) is 0 Å². The van der Waals surface area contributed by atoms with E-state index in [2.05, 4.69) is 6.92 Å². The van der Waals surface area contributed by atoms with Crippen molar-refractivity contribution in [1.29, 1.82) is 0 Å². The number of unbranched alkanes of at least 4 members (excludes halogenated alkanes) is 1. The van der Waals surface area contributed by atoms with E-state index in [4.69, 9.17) is 5.11 Å². The van der Waals surface area contributed by atoms with Gasteiger partial charge in [-0.1, -0.05) is 19.4 Å². The Morgan fingerprint density at radius 3 is 2.69 bits per heavy atom. The zero-order valence-electron chi connectivity index (χ0n) is 10.2. The van der Waals surface area contributed by atoms with E-state index in [9.17, 15) is 4.79 Å². The third kappa shape index (κ3) is 2.99. The largest absolute Gasteiger partial charge is 0.478 e. The lowest BCUT2D eigenvalue weighted by Crippen LogP contribution is -2.21. The average Bonchev–Trinajstić information content (AvgIpc) is 2.25. The summed E-state index contributed by atoms with van der Waals surface area (Å²) in [6.07, 6.45) is 2.18. The second-order valence-electron chi connectivity index (χ2n) is 4.10. The van der Waals surface area contributed by atoms with E-state index in [1.54, 1.807) is 6.07 Å². The van der Waals surface area contributed by atoms with Crippen molar-refractivity contribution in [2.45, 2.75) is 26.7 Å². The zero-order valence-corrected chi connectivity index (χ0v) is 10.2. The molecule has 0 fully saturated rings. The Balaban J connectivity index is 2.99. The van der Waals surface area contributed by atoms with Gasteiger partial charge in [0, 0.05) is 13.6 Å². The van der Waals surface area contributed by atoms with Crippen LogP contribution in [0.3, 0.4) is 0 Å². The van der Waals surface area contributed by atoms with Crippen LogP contribution in [-0.2, 0) is 0 Å². The Labute approximate surface area is 96.7 Å². The third-order valence-corrected chi connectivity index (χ3v) is 2.64. The number of nitrogens with zero attached hydrogens (tertiary/aromatic N) is 1. The Bertz CT molecular complexity index is 374. The van der Waals surface area contributed by atoms with Crippen LogP contribution in [0.5, 0.6) is 0 Å². The molecule has 0 spiro atoms. The molecule has 0 unspecified atom stereocenters. The Morgan fingerprint density at radius 1 is 1.44 bits per heavy atom. The van der Waals surface area contributed by atoms with Crippen LogP contribution < -0.4 is 4.90 Å². The Morgan fingerprint density at radius 2 is 2.12 bits per heavy atom. The van der Waals surface area contributed by atoms with Crippen LogP contribution in [0.15, 0.2) is 18.2 Å². The van der Waals surface area contributed by atoms with Crippen molar-refractivity contribution in [3.63, 3.8) is 0 Å². The molecule has 1 rings (SSSR count). The second-order valence-corrected chi connectivity index (χ2v) is 4.10. The zero-order chi connectivity index (χ0) is 12.1. The summed E-state index contributed by atoms with van der Waals surface area (Å²) in [5, 5.41) is 9.10. The van der Waals surface area contributed by atoms with E-state index in [1.165, 1.54) is 0 Å². The molecule has 0 heterocycles. The van der Waals surface area contributed by atoms with Gasteiger partial charge in [-0.3, -0.25) is 0 Å². The first-order valence-corrected chi connectivity index (χ1v) is 5.61. The van der Waals surface area contributed by atoms with Crippen LogP contribution >= 0.6 is 0 Å². The molecule has 0 amide bonds. The molecule has 0 aliphatic rings. The fraction of sp³-hybridized carbons (Fsp3) is 0.462. The van der Waals surface area contributed by atoms with Crippen molar-refractivity contribution in [3.05, 3.63) is 29.3 Å². The highest BCUT2D eigenvalue weighted by atomic mass is 16.4. The van der Waals surface area contributed by atoms with Crippen molar-refractivity contribution < 1.29 is 9.90 Å². The summed E-state index contributed by atoms with van der Waals surface area (Å²) in [6, 6.07) is 5.44. The van der Waals surface area contributed by atoms with Gasteiger partial charge in [0.2, 0.25) is 0 Å². The van der Waals surface area contributed by atoms with E-state index < -0.39 is 5.97 Å². The van der Waals surface area contributed by atoms with E-state index in [1.807, 2.05) is 31.0 Å². The van der Waals surface area contributed by atoms with Gasteiger partial charge in [0.1, 0.15) is 0 Å². The number of carboxylic acids is 1. The quantitative estimate of drug-likeness (QED) is 0.831. The van der Waals surface area contributed by atoms with E-state index in [0.717, 1.165) is 30.6 Å². The summed E-state index contributed by atoms with van der Waals surface area (Å²) in [6.45, 7) is 4.99. The molecule has 3 nitrogen and oxygen atoms in total. The molecule has 0 saturated carbocycles. The van der Waals surface area contributed by atoms with Gasteiger partial charge in [0.25, 0.3) is 0 Å². The number of rotatable bonds is 5. The van der Waals surface area contributed by atoms with Gasteiger partial charge < -0.3 is 10.0 Å². The fourth-order valence-corrected chi connectivity index (χ4v) is 1.65. The number of aromatic carboxylic acids is 1. The number of carboxylic acid groups (broad SMARTS) is 1. The minimum Gasteiger partial charge on any atom is -0.478 e. The number of hydrogen-bond donors (Lipinski definition) is 1. The lowest BCUT2D eigenvalue weighted by molar-refractivity contribution is 0.0697. The van der Waals surface area contributed by atoms with Crippen LogP contribution in [0.4, 0.5) is 5.69 Å². The maximum absolute atomic E-state index is 11.1. The lowest BCUT2D eigenvalue weighted by Gasteiger charge is -2.21. The molecule has 0 saturated heterocycles. The Hall–Kier alpha value is -1.51. The smallest absolute Gasteiger partial charge is 0.337 e. The third-order valence-electron chi connectivity index (χ3n) is 2.64. The summed E-state index contributed by atoms with van der Waals surface area (Å²) in [5.41, 5.74) is 2.27. The van der Waals surface area contributed by atoms with Gasteiger partial charge in [-0.2, -0.15) is 0 Å². The van der Waals surface area contributed by atoms with Gasteiger partial charge in [0.05, 0.1) is 11.3 Å². The summed E-state index contributed by atoms with van der Waals surface area (Å²) < 4.78 is 0. The molecule has 1 N–H and O–H groups in total. The highest BCUT2D eigenvalue weighted by Gasteiger charge is 2.12. The standard InChI is InChI=1S/C13H19NO2/c1-4-5-8-14(3)12-9-10(2)6-7-11(12)13(15)16/h6-7,9H,4-5,8H2,1-3H3,(H,15,16). The van der Waals surface area contributed by atoms with Crippen LogP contribution in [0.25, 0.3) is 0 Å². The number of carbonyl (C=O) groups is 1. The maximum Gasteiger partial charge on any atom is 0.337 e. The summed E-state index contributed by atoms with van der Waals surface area (Å²) in [7, 11) is 1.94. The van der Waals surface area contributed by atoms with Crippen LogP contribution in [0.2, 0.25) is 0 Å². The Kier molecular flexibility index (Phi) is 4.35. The van der Waals surface area contributed by atoms with Crippen molar-refractivity contribution in [1.82, 2.24) is 0 Å². The van der Waals surface area contributed by atoms with E-state index in [0.29, 0.717) is 5.56 Å². The molecule has 0 radical (unpaired) electrons. The normalized spacial score (nSPS) is 10.2. The monoisotopic (exact) mass is 221 g/mol. The number of benzene rings is 1. The first-order chi connectivity index (χ1) is 7.56. The average molecular weight is 221 g/mol. The van der Waals surface area contributed by atoms with E-state index >= 15 is 0 Å². The molecule has 16 heavy (non-hydrogen) atoms. The molecule has 0 bridgehead atoms. The lowest BCUT2D eigenvalue weighted by atomic mass is 10.1. The second kappa shape index (κ2) is 5.54. The molecule has 0 aromatic heterocycles. The molecule has 0 aliphatic heterocycles. The summed E-state index contributed by atoms with van der Waals surface area (Å²) >= 11 is 0. The van der Waals surface area contributed by atoms with Gasteiger partial charge in [0.15, 0.2) is 0 Å². The van der Waals surface area contributed by atoms with Gasteiger partial charge in [-0.05, 0) is 31.0 Å². The van der Waals surface area contributed by atoms with Crippen molar-refractivity contribution in [2.24, 2.45) is 0 Å². The van der Waals surface area contributed by atoms with Crippen molar-refractivity contribution in [3.8, 4) is 0 Å². The molecule has 88 valence electrons. The fourth-order valence-electron chi connectivity index (χ4n) is 1.65. The molecule has 1 aromatic carbocycles. The maximum atomic E-state index is 11.1. The molecular formula is C13H19NO2. The van der Waals surface area contributed by atoms with Crippen LogP contribution in [0.1, 0.15) is 35.7 Å². The minimum absolute atomic E-state index is 0.379. The minimum atomic E-state index is -0.863. The summed E-state index contributed by atoms with van der Waals surface area (Å²) in [4.78, 5) is 13.1. The first-order valence-electron chi connectivity index (χ1n) is 5.61. The van der Waals surface area contributed by atoms with Gasteiger partial charge in [-0.15, -0.1) is 0 Å². The molecule has 3 heteroatoms. The predicted octanol–water partition coefficient (Wildman–Crippen LogP) is 2.93. The predicted molar refractivity (Wildman–Crippen MR) is 66.3 cm³/mol.